The average molecular weight is 587 g/mol. The van der Waals surface area contributed by atoms with E-state index in [1.54, 1.807) is 12.1 Å². The maximum Gasteiger partial charge on any atom is 0.329 e. The molecule has 3 amide bonds. The van der Waals surface area contributed by atoms with Gasteiger partial charge in [-0.15, -0.1) is 0 Å². The molecule has 0 saturated carbocycles. The Hall–Kier alpha value is -4.17. The summed E-state index contributed by atoms with van der Waals surface area (Å²) in [6.07, 6.45) is 1.61. The Morgan fingerprint density at radius 2 is 1.45 bits per heavy atom. The summed E-state index contributed by atoms with van der Waals surface area (Å²) in [5, 5.41) is 3.03. The summed E-state index contributed by atoms with van der Waals surface area (Å²) in [4.78, 5) is 55.6. The van der Waals surface area contributed by atoms with Crippen LogP contribution in [0, 0.1) is 11.8 Å². The lowest BCUT2D eigenvalue weighted by atomic mass is 9.55. The number of hydrogen-bond acceptors (Lipinski definition) is 6. The van der Waals surface area contributed by atoms with Gasteiger partial charge in [0, 0.05) is 16.9 Å². The van der Waals surface area contributed by atoms with Crippen LogP contribution in [-0.4, -0.2) is 48.3 Å². The molecule has 1 aliphatic heterocycles. The lowest BCUT2D eigenvalue weighted by Crippen LogP contribution is -2.47. The molecule has 2 bridgehead atoms. The van der Waals surface area contributed by atoms with Crippen molar-refractivity contribution in [2.24, 2.45) is 11.8 Å². The fraction of sp³-hybridized carbons (Fsp3) is 0.333. The van der Waals surface area contributed by atoms with Gasteiger partial charge in [-0.2, -0.15) is 0 Å². The van der Waals surface area contributed by atoms with Gasteiger partial charge in [0.15, 0.2) is 6.61 Å². The number of carbonyl (C=O) groups is 4. The number of nitrogens with zero attached hydrogens (tertiary/aromatic N) is 1. The van der Waals surface area contributed by atoms with E-state index >= 15 is 0 Å². The van der Waals surface area contributed by atoms with Gasteiger partial charge in [0.2, 0.25) is 11.8 Å². The van der Waals surface area contributed by atoms with Crippen LogP contribution in [0.15, 0.2) is 66.7 Å². The first kappa shape index (κ1) is 28.0. The molecule has 8 nitrogen and oxygen atoms in total. The number of imide groups is 1. The third kappa shape index (κ3) is 4.54. The summed E-state index contributed by atoms with van der Waals surface area (Å²) < 4.78 is 10.7. The Bertz CT molecular complexity index is 1470. The molecule has 0 radical (unpaired) electrons. The first-order chi connectivity index (χ1) is 20.3. The van der Waals surface area contributed by atoms with Crippen LogP contribution in [0.4, 0.5) is 5.69 Å². The van der Waals surface area contributed by atoms with Crippen LogP contribution in [0.25, 0.3) is 0 Å². The van der Waals surface area contributed by atoms with Crippen molar-refractivity contribution in [3.05, 3.63) is 94.0 Å². The molecule has 42 heavy (non-hydrogen) atoms. The molecule has 1 saturated heterocycles. The Balaban J connectivity index is 1.25. The molecule has 7 rings (SSSR count). The van der Waals surface area contributed by atoms with E-state index in [2.05, 4.69) is 5.32 Å². The number of nitrogens with one attached hydrogen (secondary N) is 1. The lowest BCUT2D eigenvalue weighted by molar-refractivity contribution is -0.160. The molecular formula is C33H31ClN2O6. The molecule has 1 heterocycles. The van der Waals surface area contributed by atoms with Crippen LogP contribution < -0.4 is 10.1 Å². The molecule has 4 aliphatic rings. The van der Waals surface area contributed by atoms with E-state index < -0.39 is 36.4 Å². The van der Waals surface area contributed by atoms with E-state index in [0.717, 1.165) is 33.6 Å². The monoisotopic (exact) mass is 586 g/mol. The third-order valence-electron chi connectivity index (χ3n) is 8.68. The normalized spacial score (nSPS) is 22.2. The third-order valence-corrected chi connectivity index (χ3v) is 8.91. The van der Waals surface area contributed by atoms with Gasteiger partial charge in [-0.25, -0.2) is 4.79 Å². The largest absolute Gasteiger partial charge is 0.495 e. The number of rotatable bonds is 9. The van der Waals surface area contributed by atoms with Crippen molar-refractivity contribution >= 4 is 41.0 Å². The highest BCUT2D eigenvalue weighted by Crippen LogP contribution is 2.61. The number of halogens is 1. The first-order valence-electron chi connectivity index (χ1n) is 14.2. The van der Waals surface area contributed by atoms with Crippen molar-refractivity contribution in [1.82, 2.24) is 4.90 Å². The van der Waals surface area contributed by atoms with Crippen LogP contribution >= 0.6 is 11.6 Å². The van der Waals surface area contributed by atoms with Crippen molar-refractivity contribution < 1.29 is 28.7 Å². The second-order valence-electron chi connectivity index (χ2n) is 11.0. The minimum atomic E-state index is -1.12. The number of unbranched alkanes of at least 4 members (excludes halogenated alkanes) is 1. The molecule has 3 aromatic rings. The van der Waals surface area contributed by atoms with E-state index in [4.69, 9.17) is 21.1 Å². The molecule has 3 aromatic carbocycles. The highest BCUT2D eigenvalue weighted by molar-refractivity contribution is 6.31. The van der Waals surface area contributed by atoms with Crippen molar-refractivity contribution in [1.29, 1.82) is 0 Å². The van der Waals surface area contributed by atoms with Gasteiger partial charge in [-0.05, 0) is 46.9 Å². The quantitative estimate of drug-likeness (QED) is 0.270. The smallest absolute Gasteiger partial charge is 0.329 e. The molecule has 0 spiro atoms. The van der Waals surface area contributed by atoms with Crippen LogP contribution in [-0.2, 0) is 23.9 Å². The van der Waals surface area contributed by atoms with Crippen molar-refractivity contribution in [3.8, 4) is 5.75 Å². The minimum absolute atomic E-state index is 0.255. The predicted molar refractivity (Wildman–Crippen MR) is 156 cm³/mol. The highest BCUT2D eigenvalue weighted by atomic mass is 35.5. The van der Waals surface area contributed by atoms with Gasteiger partial charge in [0.1, 0.15) is 11.8 Å². The zero-order valence-electron chi connectivity index (χ0n) is 23.3. The molecule has 1 fully saturated rings. The maximum absolute atomic E-state index is 14.1. The second-order valence-corrected chi connectivity index (χ2v) is 11.4. The van der Waals surface area contributed by atoms with Gasteiger partial charge in [0.05, 0.1) is 24.6 Å². The van der Waals surface area contributed by atoms with Gasteiger partial charge < -0.3 is 14.8 Å². The minimum Gasteiger partial charge on any atom is -0.495 e. The number of ether oxygens (including phenoxy) is 2. The number of anilines is 1. The molecule has 3 aliphatic carbocycles. The van der Waals surface area contributed by atoms with Gasteiger partial charge >= 0.3 is 5.97 Å². The Morgan fingerprint density at radius 1 is 0.905 bits per heavy atom. The summed E-state index contributed by atoms with van der Waals surface area (Å²) in [5.74, 6) is -3.41. The zero-order valence-corrected chi connectivity index (χ0v) is 24.1. The molecule has 216 valence electrons. The van der Waals surface area contributed by atoms with Gasteiger partial charge in [-0.3, -0.25) is 19.3 Å². The van der Waals surface area contributed by atoms with Crippen LogP contribution in [0.2, 0.25) is 5.02 Å². The summed E-state index contributed by atoms with van der Waals surface area (Å²) in [5.41, 5.74) is 4.58. The van der Waals surface area contributed by atoms with E-state index in [-0.39, 0.29) is 30.1 Å². The van der Waals surface area contributed by atoms with E-state index in [0.29, 0.717) is 22.9 Å². The number of likely N-dealkylation sites (tertiary alicyclic amines) is 1. The number of carbonyl (C=O) groups excluding carboxylic acids is 4. The molecular weight excluding hydrogens is 556 g/mol. The lowest BCUT2D eigenvalue weighted by Gasteiger charge is -2.45. The Labute approximate surface area is 248 Å². The summed E-state index contributed by atoms with van der Waals surface area (Å²) in [7, 11) is 1.46. The number of methoxy groups -OCH3 is 1. The number of amides is 3. The number of hydrogen-bond donors (Lipinski definition) is 1. The first-order valence-corrected chi connectivity index (χ1v) is 14.6. The summed E-state index contributed by atoms with van der Waals surface area (Å²) in [6, 6.07) is 19.6. The molecule has 0 aromatic heterocycles. The van der Waals surface area contributed by atoms with E-state index in [9.17, 15) is 19.2 Å². The Kier molecular flexibility index (Phi) is 7.49. The van der Waals surface area contributed by atoms with Crippen LogP contribution in [0.5, 0.6) is 5.75 Å². The summed E-state index contributed by atoms with van der Waals surface area (Å²) in [6.45, 7) is 1.37. The van der Waals surface area contributed by atoms with Crippen molar-refractivity contribution in [2.45, 2.75) is 44.1 Å². The van der Waals surface area contributed by atoms with Crippen molar-refractivity contribution in [3.63, 3.8) is 0 Å². The average Bonchev–Trinajstić information content (AvgIpc) is 3.26. The van der Waals surface area contributed by atoms with Crippen molar-refractivity contribution in [2.75, 3.05) is 19.0 Å². The van der Waals surface area contributed by atoms with E-state index in [1.807, 2.05) is 55.5 Å². The Morgan fingerprint density at radius 3 is 1.95 bits per heavy atom. The number of esters is 1. The molecule has 0 unspecified atom stereocenters. The van der Waals surface area contributed by atoms with Gasteiger partial charge in [-0.1, -0.05) is 79.9 Å². The fourth-order valence-electron chi connectivity index (χ4n) is 6.95. The van der Waals surface area contributed by atoms with Crippen LogP contribution in [0.1, 0.15) is 60.3 Å². The molecule has 1 N–H and O–H groups in total. The van der Waals surface area contributed by atoms with E-state index in [1.165, 1.54) is 13.2 Å². The zero-order chi connectivity index (χ0) is 29.5. The topological polar surface area (TPSA) is 102 Å². The molecule has 9 heteroatoms. The standard InChI is InChI=1S/C33H31ClN2O6/c1-3-4-13-24(33(40)42-17-26(37)35-23-16-18(34)14-15-25(23)41-2)36-31(38)29-27-19-9-5-6-10-20(19)28(30(29)32(36)39)22-12-8-7-11-21(22)27/h5-12,14-16,24,27-30H,3-4,13,17H2,1-2H3,(H,35,37)/t24-,27?,28?,29+,30+/m1/s1. The second kappa shape index (κ2) is 11.2. The summed E-state index contributed by atoms with van der Waals surface area (Å²) >= 11 is 6.05. The van der Waals surface area contributed by atoms with Gasteiger partial charge in [0.25, 0.3) is 5.91 Å². The predicted octanol–water partition coefficient (Wildman–Crippen LogP) is 5.28. The highest BCUT2D eigenvalue weighted by Gasteiger charge is 2.63. The number of benzene rings is 3. The maximum atomic E-state index is 14.1. The van der Waals surface area contributed by atoms with Crippen LogP contribution in [0.3, 0.4) is 0 Å². The fourth-order valence-corrected chi connectivity index (χ4v) is 7.13. The molecule has 3 atom stereocenters. The SMILES string of the molecule is CCCC[C@H](C(=O)OCC(=O)Nc1cc(Cl)ccc1OC)N1C(=O)[C@H]2C3c4ccccc4C(c4ccccc43)[C@@H]2C1=O.